The Hall–Kier alpha value is -2.23. The Labute approximate surface area is 199 Å². The van der Waals surface area contributed by atoms with Gasteiger partial charge in [-0.2, -0.15) is 21.6 Å². The van der Waals surface area contributed by atoms with Crippen LogP contribution in [-0.2, 0) is 19.9 Å². The number of benzene rings is 3. The van der Waals surface area contributed by atoms with Crippen LogP contribution < -0.4 is 4.74 Å². The number of hydrogen-bond donors (Lipinski definition) is 0. The normalized spacial score (nSPS) is 17.1. The van der Waals surface area contributed by atoms with Crippen LogP contribution in [0.15, 0.2) is 70.5 Å². The van der Waals surface area contributed by atoms with E-state index in [1.165, 1.54) is 12.1 Å². The summed E-state index contributed by atoms with van der Waals surface area (Å²) >= 11 is 0. The van der Waals surface area contributed by atoms with Crippen LogP contribution in [0.3, 0.4) is 0 Å². The molecule has 0 radical (unpaired) electrons. The molecule has 3 aromatic rings. The predicted octanol–water partition coefficient (Wildman–Crippen LogP) is 7.32. The second kappa shape index (κ2) is 9.79. The summed E-state index contributed by atoms with van der Waals surface area (Å²) in [6.07, 6.45) is -1.42. The van der Waals surface area contributed by atoms with Crippen molar-refractivity contribution in [3.05, 3.63) is 66.2 Å². The van der Waals surface area contributed by atoms with E-state index in [2.05, 4.69) is 6.92 Å². The minimum atomic E-state index is -4.81. The van der Waals surface area contributed by atoms with E-state index in [0.717, 1.165) is 53.5 Å². The highest BCUT2D eigenvalue weighted by Gasteiger charge is 2.42. The Morgan fingerprint density at radius 1 is 0.912 bits per heavy atom. The molecule has 1 saturated heterocycles. The number of fused-ring (bicyclic) bond motifs is 1. The molecule has 0 aliphatic carbocycles. The fourth-order valence-electron chi connectivity index (χ4n) is 4.24. The number of unbranched alkanes of at least 4 members (excludes halogenated alkanes) is 1. The molecule has 0 bridgehead atoms. The molecule has 9 heteroatoms. The predicted molar refractivity (Wildman–Crippen MR) is 129 cm³/mol. The van der Waals surface area contributed by atoms with Gasteiger partial charge in [0.2, 0.25) is 0 Å². The molecule has 184 valence electrons. The molecule has 0 unspecified atom stereocenters. The lowest BCUT2D eigenvalue weighted by atomic mass is 10.1. The average molecular weight is 513 g/mol. The van der Waals surface area contributed by atoms with Gasteiger partial charge in [-0.3, -0.25) is 0 Å². The smallest absolute Gasteiger partial charge is 0.417 e. The largest absolute Gasteiger partial charge is 0.493 e. The minimum absolute atomic E-state index is 0.473. The molecule has 0 N–H and O–H groups in total. The molecule has 0 atom stereocenters. The Bertz CT molecular complexity index is 1270. The first-order valence-corrected chi connectivity index (χ1v) is 14.5. The van der Waals surface area contributed by atoms with E-state index in [1.54, 1.807) is 0 Å². The fourth-order valence-corrected chi connectivity index (χ4v) is 10.3. The van der Waals surface area contributed by atoms with Gasteiger partial charge in [-0.15, -0.1) is 0 Å². The first kappa shape index (κ1) is 24.9. The van der Waals surface area contributed by atoms with Gasteiger partial charge in [0.05, 0.1) is 12.2 Å². The van der Waals surface area contributed by atoms with Gasteiger partial charge >= 0.3 is 16.3 Å². The third-order valence-corrected chi connectivity index (χ3v) is 11.6. The van der Waals surface area contributed by atoms with E-state index in [-0.39, 0.29) is 0 Å². The summed E-state index contributed by atoms with van der Waals surface area (Å²) < 4.78 is 79.1. The minimum Gasteiger partial charge on any atom is -0.493 e. The van der Waals surface area contributed by atoms with Crippen LogP contribution in [-0.4, -0.2) is 26.5 Å². The maximum atomic E-state index is 13.6. The van der Waals surface area contributed by atoms with E-state index >= 15 is 0 Å². The van der Waals surface area contributed by atoms with Gasteiger partial charge in [-0.05, 0) is 48.9 Å². The lowest BCUT2D eigenvalue weighted by Gasteiger charge is -2.35. The summed E-state index contributed by atoms with van der Waals surface area (Å²) in [5.41, 5.74) is -1.22. The first-order chi connectivity index (χ1) is 16.2. The summed E-state index contributed by atoms with van der Waals surface area (Å²) in [7, 11) is -7.06. The van der Waals surface area contributed by atoms with Crippen molar-refractivity contribution in [2.24, 2.45) is 0 Å². The molecule has 0 saturated carbocycles. The van der Waals surface area contributed by atoms with Gasteiger partial charge in [0.25, 0.3) is 0 Å². The quantitative estimate of drug-likeness (QED) is 0.297. The van der Waals surface area contributed by atoms with Crippen LogP contribution in [0.5, 0.6) is 5.75 Å². The van der Waals surface area contributed by atoms with Crippen LogP contribution in [0.1, 0.15) is 38.2 Å². The highest BCUT2D eigenvalue weighted by atomic mass is 32.3. The topological polar surface area (TPSA) is 52.6 Å². The Kier molecular flexibility index (Phi) is 7.17. The van der Waals surface area contributed by atoms with Crippen molar-refractivity contribution < 1.29 is 30.0 Å². The zero-order chi connectivity index (χ0) is 24.4. The van der Waals surface area contributed by atoms with Gasteiger partial charge in [0.15, 0.2) is 0 Å². The molecular weight excluding hydrogens is 485 g/mol. The Morgan fingerprint density at radius 2 is 1.56 bits per heavy atom. The van der Waals surface area contributed by atoms with Gasteiger partial charge in [0.1, 0.15) is 10.6 Å². The molecule has 0 spiro atoms. The molecule has 4 rings (SSSR count). The second-order valence-corrected chi connectivity index (χ2v) is 13.0. The molecule has 1 aliphatic heterocycles. The highest BCUT2D eigenvalue weighted by Crippen LogP contribution is 2.65. The first-order valence-electron chi connectivity index (χ1n) is 11.2. The third-order valence-electron chi connectivity index (χ3n) is 5.88. The maximum Gasteiger partial charge on any atom is 0.417 e. The summed E-state index contributed by atoms with van der Waals surface area (Å²) in [5.74, 6) is 1.64. The van der Waals surface area contributed by atoms with E-state index in [4.69, 9.17) is 8.37 Å². The van der Waals surface area contributed by atoms with Crippen LogP contribution >= 0.6 is 10.3 Å². The standard InChI is InChI=1S/C25H27F3O4S2/c1-2-3-16-31-22-14-15-23(20-11-5-4-10-19(20)22)33(17-8-9-18-33)32-34(29,30)24-13-7-6-12-21(24)25(26,27)28/h4-7,10-15H,2-3,8-9,16-18H2,1H3. The van der Waals surface area contributed by atoms with Crippen molar-refractivity contribution in [1.82, 2.24) is 0 Å². The average Bonchev–Trinajstić information content (AvgIpc) is 3.27. The van der Waals surface area contributed by atoms with E-state index in [1.807, 2.05) is 36.4 Å². The number of halogens is 3. The zero-order valence-electron chi connectivity index (χ0n) is 18.8. The van der Waals surface area contributed by atoms with Crippen LogP contribution in [0.2, 0.25) is 0 Å². The van der Waals surface area contributed by atoms with Crippen molar-refractivity contribution in [1.29, 1.82) is 0 Å². The molecular formula is C25H27F3O4S2. The molecule has 3 aromatic carbocycles. The fraction of sp³-hybridized carbons (Fsp3) is 0.360. The highest BCUT2D eigenvalue weighted by molar-refractivity contribution is 8.33. The van der Waals surface area contributed by atoms with Crippen molar-refractivity contribution in [2.75, 3.05) is 18.1 Å². The van der Waals surface area contributed by atoms with E-state index in [9.17, 15) is 21.6 Å². The van der Waals surface area contributed by atoms with Gasteiger partial charge in [-0.1, -0.05) is 60.1 Å². The molecule has 1 heterocycles. The summed E-state index contributed by atoms with van der Waals surface area (Å²) in [5, 5.41) is 1.65. The number of alkyl halides is 3. The zero-order valence-corrected chi connectivity index (χ0v) is 20.4. The van der Waals surface area contributed by atoms with Crippen molar-refractivity contribution in [2.45, 2.75) is 48.6 Å². The second-order valence-electron chi connectivity index (χ2n) is 8.25. The number of ether oxygens (including phenoxy) is 1. The Morgan fingerprint density at radius 3 is 2.24 bits per heavy atom. The SMILES string of the molecule is CCCCOc1ccc(S2(OS(=O)(=O)c3ccccc3C(F)(F)F)CCCC2)c2ccccc12. The molecule has 4 nitrogen and oxygen atoms in total. The number of hydrogen-bond acceptors (Lipinski definition) is 4. The van der Waals surface area contributed by atoms with Crippen molar-refractivity contribution >= 4 is 31.2 Å². The molecule has 0 aromatic heterocycles. The monoisotopic (exact) mass is 512 g/mol. The molecule has 0 amide bonds. The van der Waals surface area contributed by atoms with Gasteiger partial charge < -0.3 is 4.74 Å². The summed E-state index contributed by atoms with van der Waals surface area (Å²) in [6.45, 7) is 2.64. The van der Waals surface area contributed by atoms with Gasteiger partial charge in [0, 0.05) is 21.8 Å². The number of rotatable bonds is 8. The lowest BCUT2D eigenvalue weighted by molar-refractivity contribution is -0.139. The van der Waals surface area contributed by atoms with Gasteiger partial charge in [-0.25, -0.2) is 3.63 Å². The molecule has 1 fully saturated rings. The van der Waals surface area contributed by atoms with Crippen LogP contribution in [0.25, 0.3) is 10.8 Å². The maximum absolute atomic E-state index is 13.6. The van der Waals surface area contributed by atoms with Crippen molar-refractivity contribution in [3.63, 3.8) is 0 Å². The molecule has 1 aliphatic rings. The summed E-state index contributed by atoms with van der Waals surface area (Å²) in [6, 6.07) is 15.4. The summed E-state index contributed by atoms with van der Waals surface area (Å²) in [4.78, 5) is -0.110. The van der Waals surface area contributed by atoms with E-state index in [0.29, 0.717) is 23.9 Å². The van der Waals surface area contributed by atoms with Crippen molar-refractivity contribution in [3.8, 4) is 5.75 Å². The Balaban J connectivity index is 1.80. The third kappa shape index (κ3) is 4.92. The molecule has 34 heavy (non-hydrogen) atoms. The van der Waals surface area contributed by atoms with Crippen LogP contribution in [0.4, 0.5) is 13.2 Å². The van der Waals surface area contributed by atoms with E-state index < -0.39 is 37.1 Å². The van der Waals surface area contributed by atoms with Crippen LogP contribution in [0, 0.1) is 0 Å². The lowest BCUT2D eigenvalue weighted by Crippen LogP contribution is -2.18.